The van der Waals surface area contributed by atoms with Gasteiger partial charge in [-0.05, 0) is 48.6 Å². The third-order valence-corrected chi connectivity index (χ3v) is 5.00. The van der Waals surface area contributed by atoms with E-state index in [1.54, 1.807) is 0 Å². The molecule has 0 aromatic carbocycles. The molecular weight excluding hydrogens is 198 g/mol. The quantitative estimate of drug-likeness (QED) is 0.722. The van der Waals surface area contributed by atoms with Crippen LogP contribution in [0.3, 0.4) is 0 Å². The molecule has 0 aromatic rings. The normalized spacial score (nSPS) is 42.1. The molecule has 1 aliphatic heterocycles. The fourth-order valence-corrected chi connectivity index (χ4v) is 4.41. The highest BCUT2D eigenvalue weighted by molar-refractivity contribution is 7.99. The first-order valence-electron chi connectivity index (χ1n) is 5.23. The Labute approximate surface area is 88.4 Å². The largest absolute Gasteiger partial charge is 0.481 e. The van der Waals surface area contributed by atoms with Crippen LogP contribution in [0.2, 0.25) is 0 Å². The fraction of sp³-hybridized carbons (Fsp3) is 0.900. The molecular formula is C10H17NO2S. The van der Waals surface area contributed by atoms with Crippen molar-refractivity contribution in [2.45, 2.75) is 12.8 Å². The molecule has 2 atom stereocenters. The number of thioether (sulfide) groups is 1. The van der Waals surface area contributed by atoms with E-state index in [9.17, 15) is 4.79 Å². The molecule has 2 rings (SSSR count). The molecule has 2 aliphatic rings. The van der Waals surface area contributed by atoms with Crippen molar-refractivity contribution in [1.82, 2.24) is 0 Å². The van der Waals surface area contributed by atoms with Crippen LogP contribution in [0.1, 0.15) is 12.8 Å². The highest BCUT2D eigenvalue weighted by Crippen LogP contribution is 2.44. The van der Waals surface area contributed by atoms with Gasteiger partial charge in [-0.2, -0.15) is 11.8 Å². The van der Waals surface area contributed by atoms with Crippen LogP contribution in [0.4, 0.5) is 0 Å². The molecule has 1 heterocycles. The van der Waals surface area contributed by atoms with E-state index < -0.39 is 5.97 Å². The molecule has 1 saturated heterocycles. The Hall–Kier alpha value is -0.220. The van der Waals surface area contributed by atoms with Gasteiger partial charge in [0.15, 0.2) is 0 Å². The Balaban J connectivity index is 2.08. The number of nitrogens with two attached hydrogens (primary N) is 1. The number of aliphatic carboxylic acids is 1. The first-order chi connectivity index (χ1) is 6.72. The lowest BCUT2D eigenvalue weighted by atomic mass is 9.68. The summed E-state index contributed by atoms with van der Waals surface area (Å²) >= 11 is 1.97. The van der Waals surface area contributed by atoms with Gasteiger partial charge in [0.05, 0.1) is 5.92 Å². The molecule has 1 aliphatic carbocycles. The molecule has 0 aromatic heterocycles. The summed E-state index contributed by atoms with van der Waals surface area (Å²) in [5.74, 6) is 3.21. The van der Waals surface area contributed by atoms with Crippen LogP contribution in [0, 0.1) is 23.7 Å². The van der Waals surface area contributed by atoms with Crippen LogP contribution in [-0.4, -0.2) is 29.1 Å². The maximum Gasteiger partial charge on any atom is 0.306 e. The van der Waals surface area contributed by atoms with Crippen molar-refractivity contribution < 1.29 is 9.90 Å². The van der Waals surface area contributed by atoms with E-state index in [0.29, 0.717) is 17.8 Å². The zero-order valence-corrected chi connectivity index (χ0v) is 9.00. The SMILES string of the molecule is NCC1C2CSCC1CC(C(=O)O)C2. The van der Waals surface area contributed by atoms with Crippen LogP contribution in [-0.2, 0) is 4.79 Å². The molecule has 1 saturated carbocycles. The molecule has 3 nitrogen and oxygen atoms in total. The second-order valence-electron chi connectivity index (χ2n) is 4.46. The van der Waals surface area contributed by atoms with Crippen LogP contribution in [0.25, 0.3) is 0 Å². The minimum absolute atomic E-state index is 0.103. The predicted molar refractivity (Wildman–Crippen MR) is 57.2 cm³/mol. The Morgan fingerprint density at radius 1 is 1.36 bits per heavy atom. The second-order valence-corrected chi connectivity index (χ2v) is 5.54. The molecule has 3 N–H and O–H groups in total. The minimum atomic E-state index is -0.609. The van der Waals surface area contributed by atoms with Crippen molar-refractivity contribution in [1.29, 1.82) is 0 Å². The summed E-state index contributed by atoms with van der Waals surface area (Å²) in [7, 11) is 0. The Morgan fingerprint density at radius 3 is 2.36 bits per heavy atom. The van der Waals surface area contributed by atoms with Crippen molar-refractivity contribution in [3.05, 3.63) is 0 Å². The standard InChI is InChI=1S/C10H17NO2S/c11-3-9-7-1-6(10(12)13)2-8(9)5-14-4-7/h6-9H,1-5,11H2,(H,12,13). The Bertz CT molecular complexity index is 220. The van der Waals surface area contributed by atoms with E-state index in [0.717, 1.165) is 30.9 Å². The highest BCUT2D eigenvalue weighted by atomic mass is 32.2. The van der Waals surface area contributed by atoms with Gasteiger partial charge in [0.1, 0.15) is 0 Å². The summed E-state index contributed by atoms with van der Waals surface area (Å²) in [6.45, 7) is 0.738. The van der Waals surface area contributed by atoms with Crippen LogP contribution >= 0.6 is 11.8 Å². The third kappa shape index (κ3) is 1.77. The predicted octanol–water partition coefficient (Wildman–Crippen LogP) is 1.04. The number of carbonyl (C=O) groups is 1. The summed E-state index contributed by atoms with van der Waals surface area (Å²) in [6.07, 6.45) is 1.70. The molecule has 0 spiro atoms. The van der Waals surface area contributed by atoms with Crippen LogP contribution in [0.5, 0.6) is 0 Å². The highest BCUT2D eigenvalue weighted by Gasteiger charge is 2.41. The summed E-state index contributed by atoms with van der Waals surface area (Å²) in [5.41, 5.74) is 5.76. The second kappa shape index (κ2) is 4.11. The monoisotopic (exact) mass is 215 g/mol. The number of hydrogen-bond donors (Lipinski definition) is 2. The molecule has 0 radical (unpaired) electrons. The van der Waals surface area contributed by atoms with Gasteiger partial charge < -0.3 is 10.8 Å². The van der Waals surface area contributed by atoms with Gasteiger partial charge in [-0.15, -0.1) is 0 Å². The first kappa shape index (κ1) is 10.3. The van der Waals surface area contributed by atoms with Crippen molar-refractivity contribution in [2.24, 2.45) is 29.4 Å². The van der Waals surface area contributed by atoms with E-state index in [-0.39, 0.29) is 5.92 Å². The van der Waals surface area contributed by atoms with Crippen molar-refractivity contribution in [3.8, 4) is 0 Å². The van der Waals surface area contributed by atoms with Gasteiger partial charge in [0, 0.05) is 0 Å². The summed E-state index contributed by atoms with van der Waals surface area (Å²) in [6, 6.07) is 0. The first-order valence-corrected chi connectivity index (χ1v) is 6.38. The van der Waals surface area contributed by atoms with Gasteiger partial charge in [-0.3, -0.25) is 4.79 Å². The van der Waals surface area contributed by atoms with Crippen molar-refractivity contribution in [3.63, 3.8) is 0 Å². The number of fused-ring (bicyclic) bond motifs is 2. The van der Waals surface area contributed by atoms with Gasteiger partial charge >= 0.3 is 5.97 Å². The summed E-state index contributed by atoms with van der Waals surface area (Å²) in [5, 5.41) is 9.01. The van der Waals surface area contributed by atoms with Crippen LogP contribution in [0.15, 0.2) is 0 Å². The Morgan fingerprint density at radius 2 is 1.93 bits per heavy atom. The van der Waals surface area contributed by atoms with Gasteiger partial charge in [-0.25, -0.2) is 0 Å². The van der Waals surface area contributed by atoms with E-state index in [4.69, 9.17) is 10.8 Å². The molecule has 0 amide bonds. The van der Waals surface area contributed by atoms with Crippen molar-refractivity contribution in [2.75, 3.05) is 18.1 Å². The third-order valence-electron chi connectivity index (χ3n) is 3.67. The number of carboxylic acid groups (broad SMARTS) is 1. The van der Waals surface area contributed by atoms with E-state index in [1.165, 1.54) is 0 Å². The Kier molecular flexibility index (Phi) is 3.02. The molecule has 14 heavy (non-hydrogen) atoms. The lowest BCUT2D eigenvalue weighted by Crippen LogP contribution is -2.44. The molecule has 2 fully saturated rings. The van der Waals surface area contributed by atoms with E-state index >= 15 is 0 Å². The van der Waals surface area contributed by atoms with Crippen LogP contribution < -0.4 is 5.73 Å². The van der Waals surface area contributed by atoms with Gasteiger partial charge in [-0.1, -0.05) is 0 Å². The van der Waals surface area contributed by atoms with Crippen molar-refractivity contribution >= 4 is 17.7 Å². The van der Waals surface area contributed by atoms with Gasteiger partial charge in [0.2, 0.25) is 0 Å². The average Bonchev–Trinajstić information content (AvgIpc) is 2.15. The van der Waals surface area contributed by atoms with E-state index in [1.807, 2.05) is 11.8 Å². The molecule has 80 valence electrons. The number of carboxylic acids is 1. The van der Waals surface area contributed by atoms with Gasteiger partial charge in [0.25, 0.3) is 0 Å². The molecule has 2 bridgehead atoms. The number of hydrogen-bond acceptors (Lipinski definition) is 3. The van der Waals surface area contributed by atoms with E-state index in [2.05, 4.69) is 0 Å². The molecule has 4 heteroatoms. The maximum absolute atomic E-state index is 10.9. The number of rotatable bonds is 2. The minimum Gasteiger partial charge on any atom is -0.481 e. The summed E-state index contributed by atoms with van der Waals surface area (Å²) in [4.78, 5) is 10.9. The molecule has 2 unspecified atom stereocenters. The average molecular weight is 215 g/mol. The lowest BCUT2D eigenvalue weighted by molar-refractivity contribution is -0.144. The zero-order chi connectivity index (χ0) is 10.1. The zero-order valence-electron chi connectivity index (χ0n) is 8.19. The smallest absolute Gasteiger partial charge is 0.306 e. The fourth-order valence-electron chi connectivity index (χ4n) is 2.90. The maximum atomic E-state index is 10.9. The summed E-state index contributed by atoms with van der Waals surface area (Å²) < 4.78 is 0. The lowest BCUT2D eigenvalue weighted by Gasteiger charge is -2.44. The topological polar surface area (TPSA) is 63.3 Å².